The highest BCUT2D eigenvalue weighted by Crippen LogP contribution is 2.60. The van der Waals surface area contributed by atoms with Crippen LogP contribution in [0.5, 0.6) is 0 Å². The molecule has 0 bridgehead atoms. The highest BCUT2D eigenvalue weighted by Gasteiger charge is 2.47. The van der Waals surface area contributed by atoms with E-state index < -0.39 is 0 Å². The molecule has 0 aromatic heterocycles. The molecular formula is C15H26Cl2S2. The number of thioether (sulfide) groups is 2. The molecule has 0 amide bonds. The van der Waals surface area contributed by atoms with Crippen LogP contribution in [-0.2, 0) is 0 Å². The van der Waals surface area contributed by atoms with Gasteiger partial charge in [-0.1, -0.05) is 27.7 Å². The Balaban J connectivity index is 2.02. The van der Waals surface area contributed by atoms with Crippen molar-refractivity contribution in [2.75, 3.05) is 5.75 Å². The molecule has 0 N–H and O–H groups in total. The van der Waals surface area contributed by atoms with E-state index in [4.69, 9.17) is 23.2 Å². The summed E-state index contributed by atoms with van der Waals surface area (Å²) in [5.74, 6) is 1.32. The maximum Gasteiger partial charge on any atom is 0.113 e. The molecular weight excluding hydrogens is 315 g/mol. The van der Waals surface area contributed by atoms with Crippen molar-refractivity contribution >= 4 is 46.7 Å². The summed E-state index contributed by atoms with van der Waals surface area (Å²) >= 11 is 16.8. The molecule has 19 heavy (non-hydrogen) atoms. The van der Waals surface area contributed by atoms with E-state index in [1.54, 1.807) is 0 Å². The van der Waals surface area contributed by atoms with Crippen molar-refractivity contribution in [2.24, 2.45) is 10.8 Å². The van der Waals surface area contributed by atoms with Gasteiger partial charge in [-0.15, -0.1) is 46.7 Å². The second-order valence-corrected chi connectivity index (χ2v) is 11.9. The maximum atomic E-state index is 6.18. The predicted molar refractivity (Wildman–Crippen MR) is 92.7 cm³/mol. The van der Waals surface area contributed by atoms with E-state index in [0.717, 1.165) is 5.25 Å². The lowest BCUT2D eigenvalue weighted by atomic mass is 9.76. The Morgan fingerprint density at radius 1 is 1.11 bits per heavy atom. The molecule has 0 nitrogen and oxygen atoms in total. The maximum absolute atomic E-state index is 6.18. The van der Waals surface area contributed by atoms with Gasteiger partial charge in [0.1, 0.15) is 4.84 Å². The van der Waals surface area contributed by atoms with Gasteiger partial charge in [-0.05, 0) is 48.7 Å². The predicted octanol–water partition coefficient (Wildman–Crippen LogP) is 6.35. The minimum Gasteiger partial charge on any atom is -0.144 e. The normalized spacial score (nSPS) is 40.9. The topological polar surface area (TPSA) is 0 Å². The molecule has 112 valence electrons. The van der Waals surface area contributed by atoms with E-state index in [2.05, 4.69) is 51.2 Å². The van der Waals surface area contributed by atoms with E-state index in [9.17, 15) is 0 Å². The number of alkyl halides is 2. The van der Waals surface area contributed by atoms with Crippen LogP contribution < -0.4 is 0 Å². The fourth-order valence-corrected chi connectivity index (χ4v) is 7.22. The summed E-state index contributed by atoms with van der Waals surface area (Å²) in [5.41, 5.74) is 0.547. The van der Waals surface area contributed by atoms with Crippen LogP contribution in [0.15, 0.2) is 0 Å². The fourth-order valence-electron chi connectivity index (χ4n) is 3.00. The van der Waals surface area contributed by atoms with Crippen molar-refractivity contribution in [2.45, 2.75) is 74.0 Å². The van der Waals surface area contributed by atoms with Crippen molar-refractivity contribution in [1.82, 2.24) is 0 Å². The van der Waals surface area contributed by atoms with Crippen molar-refractivity contribution in [3.8, 4) is 0 Å². The van der Waals surface area contributed by atoms with Crippen molar-refractivity contribution in [3.05, 3.63) is 0 Å². The summed E-state index contributed by atoms with van der Waals surface area (Å²) in [6, 6.07) is 0. The lowest BCUT2D eigenvalue weighted by molar-refractivity contribution is 0.229. The van der Waals surface area contributed by atoms with Crippen LogP contribution in [0.4, 0.5) is 0 Å². The van der Waals surface area contributed by atoms with Crippen molar-refractivity contribution in [3.63, 3.8) is 0 Å². The molecule has 2 rings (SSSR count). The average Bonchev–Trinajstić information content (AvgIpc) is 2.33. The van der Waals surface area contributed by atoms with Crippen molar-refractivity contribution in [1.29, 1.82) is 0 Å². The second kappa shape index (κ2) is 5.82. The molecule has 1 aliphatic carbocycles. The zero-order chi connectivity index (χ0) is 14.3. The molecule has 0 aromatic carbocycles. The first kappa shape index (κ1) is 16.6. The summed E-state index contributed by atoms with van der Waals surface area (Å²) in [6.07, 6.45) is 6.22. The van der Waals surface area contributed by atoms with Crippen LogP contribution in [-0.4, -0.2) is 19.9 Å². The van der Waals surface area contributed by atoms with E-state index in [1.165, 1.54) is 37.9 Å². The Hall–Kier alpha value is 1.28. The molecule has 1 atom stereocenters. The number of rotatable bonds is 1. The number of hydrogen-bond donors (Lipinski definition) is 0. The minimum absolute atomic E-state index is 0.129. The Bertz CT molecular complexity index is 315. The first-order valence-electron chi connectivity index (χ1n) is 7.27. The van der Waals surface area contributed by atoms with Gasteiger partial charge in [-0.2, -0.15) is 0 Å². The average molecular weight is 341 g/mol. The van der Waals surface area contributed by atoms with E-state index in [1.807, 2.05) is 0 Å². The summed E-state index contributed by atoms with van der Waals surface area (Å²) in [7, 11) is 0. The third kappa shape index (κ3) is 3.73. The number of hydrogen-bond acceptors (Lipinski definition) is 2. The van der Waals surface area contributed by atoms with Gasteiger partial charge < -0.3 is 0 Å². The van der Waals surface area contributed by atoms with Gasteiger partial charge in [0.2, 0.25) is 0 Å². The Morgan fingerprint density at radius 2 is 1.68 bits per heavy atom. The Kier molecular flexibility index (Phi) is 5.10. The first-order valence-corrected chi connectivity index (χ1v) is 10.0. The fraction of sp³-hybridized carbons (Fsp3) is 1.00. The standard InChI is InChI=1S/C15H26Cl2S2/c1-13(2,3)11-5-10-18-15(19-11)8-6-14(4,7-9-15)12(16)17/h11-12H,5-10H2,1-4H3. The van der Waals surface area contributed by atoms with Gasteiger partial charge in [0, 0.05) is 5.25 Å². The molecule has 0 aromatic rings. The van der Waals surface area contributed by atoms with Gasteiger partial charge in [0.25, 0.3) is 0 Å². The minimum atomic E-state index is -0.221. The zero-order valence-electron chi connectivity index (χ0n) is 12.5. The molecule has 2 aliphatic rings. The first-order chi connectivity index (χ1) is 8.67. The molecule has 0 radical (unpaired) electrons. The lowest BCUT2D eigenvalue weighted by Gasteiger charge is -2.50. The smallest absolute Gasteiger partial charge is 0.113 e. The van der Waals surface area contributed by atoms with Gasteiger partial charge in [0.15, 0.2) is 0 Å². The summed E-state index contributed by atoms with van der Waals surface area (Å²) in [6.45, 7) is 9.41. The zero-order valence-corrected chi connectivity index (χ0v) is 15.6. The lowest BCUT2D eigenvalue weighted by Crippen LogP contribution is -2.41. The van der Waals surface area contributed by atoms with E-state index >= 15 is 0 Å². The highest BCUT2D eigenvalue weighted by atomic mass is 35.5. The largest absolute Gasteiger partial charge is 0.144 e. The van der Waals surface area contributed by atoms with Crippen LogP contribution in [0, 0.1) is 10.8 Å². The monoisotopic (exact) mass is 340 g/mol. The summed E-state index contributed by atoms with van der Waals surface area (Å²) < 4.78 is 0.443. The molecule has 1 unspecified atom stereocenters. The van der Waals surface area contributed by atoms with E-state index in [0.29, 0.717) is 9.49 Å². The molecule has 1 saturated carbocycles. The van der Waals surface area contributed by atoms with Gasteiger partial charge in [-0.25, -0.2) is 0 Å². The van der Waals surface area contributed by atoms with Crippen LogP contribution in [0.25, 0.3) is 0 Å². The molecule has 1 aliphatic heterocycles. The molecule has 1 heterocycles. The molecule has 2 fully saturated rings. The van der Waals surface area contributed by atoms with Gasteiger partial charge in [-0.3, -0.25) is 0 Å². The summed E-state index contributed by atoms with van der Waals surface area (Å²) in [4.78, 5) is -0.221. The van der Waals surface area contributed by atoms with E-state index in [-0.39, 0.29) is 10.3 Å². The third-order valence-electron chi connectivity index (χ3n) is 4.75. The summed E-state index contributed by atoms with van der Waals surface area (Å²) in [5, 5.41) is 0.793. The van der Waals surface area contributed by atoms with Crippen LogP contribution in [0.2, 0.25) is 0 Å². The van der Waals surface area contributed by atoms with Crippen molar-refractivity contribution < 1.29 is 0 Å². The third-order valence-corrected chi connectivity index (χ3v) is 9.88. The Morgan fingerprint density at radius 3 is 2.16 bits per heavy atom. The molecule has 1 spiro atoms. The number of halogens is 2. The molecule has 4 heteroatoms. The van der Waals surface area contributed by atoms with Crippen LogP contribution in [0.3, 0.4) is 0 Å². The van der Waals surface area contributed by atoms with Gasteiger partial charge >= 0.3 is 0 Å². The highest BCUT2D eigenvalue weighted by molar-refractivity contribution is 8.19. The second-order valence-electron chi connectivity index (χ2n) is 7.48. The van der Waals surface area contributed by atoms with Gasteiger partial charge in [0.05, 0.1) is 4.08 Å². The molecule has 1 saturated heterocycles. The van der Waals surface area contributed by atoms with Crippen LogP contribution >= 0.6 is 46.7 Å². The van der Waals surface area contributed by atoms with Crippen LogP contribution in [0.1, 0.15) is 59.8 Å². The quantitative estimate of drug-likeness (QED) is 0.510. The SMILES string of the molecule is CC(C)(C)C1CCSC2(CCC(C)(C(Cl)Cl)CC2)S1. The Labute approximate surface area is 137 Å².